The normalized spacial score (nSPS) is 15.9. The Hall–Kier alpha value is -3.41. The van der Waals surface area contributed by atoms with Crippen LogP contribution >= 0.6 is 0 Å². The van der Waals surface area contributed by atoms with Crippen LogP contribution in [-0.2, 0) is 0 Å². The van der Waals surface area contributed by atoms with Crippen LogP contribution in [0.4, 0.5) is 17.5 Å². The highest BCUT2D eigenvalue weighted by Crippen LogP contribution is 2.26. The van der Waals surface area contributed by atoms with Gasteiger partial charge < -0.3 is 15.4 Å². The number of aliphatic imine (C=N–C) groups is 1. The average Bonchev–Trinajstić information content (AvgIpc) is 3.07. The first kappa shape index (κ1) is 18.0. The number of nitrogens with one attached hydrogen (secondary N) is 2. The monoisotopic (exact) mass is 373 g/mol. The summed E-state index contributed by atoms with van der Waals surface area (Å²) >= 11 is 0. The highest BCUT2D eigenvalue weighted by atomic mass is 16.5. The van der Waals surface area contributed by atoms with E-state index in [0.717, 1.165) is 40.4 Å². The van der Waals surface area contributed by atoms with Crippen LogP contribution in [0.25, 0.3) is 10.9 Å². The predicted octanol–water partition coefficient (Wildman–Crippen LogP) is 4.93. The molecule has 1 aliphatic rings. The Kier molecular flexibility index (Phi) is 4.93. The van der Waals surface area contributed by atoms with Crippen LogP contribution in [0, 0.1) is 0 Å². The first-order valence-corrected chi connectivity index (χ1v) is 9.37. The second-order valence-corrected chi connectivity index (χ2v) is 6.72. The van der Waals surface area contributed by atoms with E-state index in [1.54, 1.807) is 7.11 Å². The highest BCUT2D eigenvalue weighted by Gasteiger charge is 2.17. The lowest BCUT2D eigenvalue weighted by Gasteiger charge is -2.12. The van der Waals surface area contributed by atoms with Gasteiger partial charge in [0.1, 0.15) is 17.4 Å². The van der Waals surface area contributed by atoms with Gasteiger partial charge in [-0.05, 0) is 49.3 Å². The van der Waals surface area contributed by atoms with E-state index in [1.807, 2.05) is 48.5 Å². The summed E-state index contributed by atoms with van der Waals surface area (Å²) in [5.41, 5.74) is 2.98. The van der Waals surface area contributed by atoms with Gasteiger partial charge in [-0.1, -0.05) is 25.1 Å². The Bertz CT molecular complexity index is 1070. The number of para-hydroxylation sites is 1. The molecule has 1 aliphatic heterocycles. The molecule has 0 saturated heterocycles. The van der Waals surface area contributed by atoms with E-state index in [0.29, 0.717) is 5.95 Å². The second-order valence-electron chi connectivity index (χ2n) is 6.72. The van der Waals surface area contributed by atoms with E-state index >= 15 is 0 Å². The molecule has 0 bridgehead atoms. The Morgan fingerprint density at radius 3 is 2.68 bits per heavy atom. The van der Waals surface area contributed by atoms with Crippen LogP contribution in [-0.4, -0.2) is 29.0 Å². The number of benzene rings is 2. The minimum atomic E-state index is 0.241. The molecular weight excluding hydrogens is 350 g/mol. The first-order valence-electron chi connectivity index (χ1n) is 9.37. The van der Waals surface area contributed by atoms with Crippen molar-refractivity contribution in [2.45, 2.75) is 26.3 Å². The van der Waals surface area contributed by atoms with Crippen molar-refractivity contribution >= 4 is 34.2 Å². The van der Waals surface area contributed by atoms with Crippen molar-refractivity contribution < 1.29 is 4.74 Å². The number of methoxy groups -OCH3 is 1. The molecule has 28 heavy (non-hydrogen) atoms. The van der Waals surface area contributed by atoms with E-state index in [9.17, 15) is 0 Å². The van der Waals surface area contributed by atoms with Crippen LogP contribution in [0.3, 0.4) is 0 Å². The lowest BCUT2D eigenvalue weighted by molar-refractivity contribution is 0.415. The molecule has 2 heterocycles. The molecule has 6 nitrogen and oxygen atoms in total. The van der Waals surface area contributed by atoms with Crippen molar-refractivity contribution in [1.29, 1.82) is 0 Å². The zero-order valence-corrected chi connectivity index (χ0v) is 16.2. The maximum absolute atomic E-state index is 5.29. The van der Waals surface area contributed by atoms with E-state index < -0.39 is 0 Å². The molecule has 1 atom stereocenters. The number of rotatable bonds is 5. The maximum atomic E-state index is 5.29. The molecule has 1 unspecified atom stereocenters. The maximum Gasteiger partial charge on any atom is 0.229 e. The zero-order valence-electron chi connectivity index (χ0n) is 16.2. The fraction of sp³-hybridized carbons (Fsp3) is 0.227. The van der Waals surface area contributed by atoms with Crippen molar-refractivity contribution in [3.63, 3.8) is 0 Å². The summed E-state index contributed by atoms with van der Waals surface area (Å²) in [6, 6.07) is 15.9. The minimum absolute atomic E-state index is 0.241. The number of ether oxygens (including phenoxy) is 1. The topological polar surface area (TPSA) is 71.4 Å². The number of fused-ring (bicyclic) bond motifs is 1. The largest absolute Gasteiger partial charge is 0.497 e. The molecule has 2 N–H and O–H groups in total. The molecule has 142 valence electrons. The van der Waals surface area contributed by atoms with E-state index in [-0.39, 0.29) is 6.04 Å². The lowest BCUT2D eigenvalue weighted by Crippen LogP contribution is -2.11. The summed E-state index contributed by atoms with van der Waals surface area (Å²) in [6.07, 6.45) is 3.07. The zero-order chi connectivity index (χ0) is 19.5. The fourth-order valence-electron chi connectivity index (χ4n) is 3.28. The summed E-state index contributed by atoms with van der Waals surface area (Å²) < 4.78 is 5.29. The molecule has 0 fully saturated rings. The van der Waals surface area contributed by atoms with Gasteiger partial charge in [-0.25, -0.2) is 4.98 Å². The van der Waals surface area contributed by atoms with Gasteiger partial charge in [0.2, 0.25) is 5.95 Å². The summed E-state index contributed by atoms with van der Waals surface area (Å²) in [7, 11) is 1.65. The molecule has 0 spiro atoms. The molecule has 0 aliphatic carbocycles. The number of hydrogen-bond donors (Lipinski definition) is 2. The molecule has 0 radical (unpaired) electrons. The third kappa shape index (κ3) is 3.67. The molecule has 4 rings (SSSR count). The smallest absolute Gasteiger partial charge is 0.229 e. The predicted molar refractivity (Wildman–Crippen MR) is 115 cm³/mol. The SMILES string of the molecule is CCC1N=C(Nc2nc(Nc3cccc(OC)c3)nc3ccccc23)C=C1C. The van der Waals surface area contributed by atoms with Crippen molar-refractivity contribution in [3.05, 3.63) is 60.2 Å². The van der Waals surface area contributed by atoms with Gasteiger partial charge in [0, 0.05) is 17.1 Å². The first-order chi connectivity index (χ1) is 13.7. The van der Waals surface area contributed by atoms with E-state index in [1.165, 1.54) is 5.57 Å². The second kappa shape index (κ2) is 7.68. The quantitative estimate of drug-likeness (QED) is 0.663. The van der Waals surface area contributed by atoms with Gasteiger partial charge in [0.25, 0.3) is 0 Å². The van der Waals surface area contributed by atoms with E-state index in [4.69, 9.17) is 14.7 Å². The molecular formula is C22H23N5O. The number of anilines is 3. The van der Waals surface area contributed by atoms with Crippen molar-refractivity contribution in [3.8, 4) is 5.75 Å². The Morgan fingerprint density at radius 1 is 1.04 bits per heavy atom. The van der Waals surface area contributed by atoms with Gasteiger partial charge >= 0.3 is 0 Å². The average molecular weight is 373 g/mol. The standard InChI is InChI=1S/C22H23N5O/c1-4-18-14(2)12-20(24-18)26-21-17-10-5-6-11-19(17)25-22(27-21)23-15-8-7-9-16(13-15)28-3/h5-13,18H,4H2,1-3H3,(H2,23,24,25,26,27). The number of aromatic nitrogens is 2. The van der Waals surface area contributed by atoms with Crippen LogP contribution in [0.2, 0.25) is 0 Å². The highest BCUT2D eigenvalue weighted by molar-refractivity contribution is 6.09. The fourth-order valence-corrected chi connectivity index (χ4v) is 3.28. The Balaban J connectivity index is 1.69. The van der Waals surface area contributed by atoms with Crippen LogP contribution in [0.15, 0.2) is 65.2 Å². The van der Waals surface area contributed by atoms with Crippen LogP contribution < -0.4 is 15.4 Å². The van der Waals surface area contributed by atoms with Gasteiger partial charge in [0.05, 0.1) is 18.7 Å². The lowest BCUT2D eigenvalue weighted by atomic mass is 10.1. The summed E-state index contributed by atoms with van der Waals surface area (Å²) in [5.74, 6) is 2.85. The summed E-state index contributed by atoms with van der Waals surface area (Å²) in [6.45, 7) is 4.25. The van der Waals surface area contributed by atoms with Crippen LogP contribution in [0.1, 0.15) is 20.3 Å². The third-order valence-corrected chi connectivity index (χ3v) is 4.75. The van der Waals surface area contributed by atoms with Gasteiger partial charge in [-0.15, -0.1) is 0 Å². The summed E-state index contributed by atoms with van der Waals surface area (Å²) in [4.78, 5) is 14.1. The van der Waals surface area contributed by atoms with Gasteiger partial charge in [-0.3, -0.25) is 4.99 Å². The third-order valence-electron chi connectivity index (χ3n) is 4.75. The molecule has 2 aromatic carbocycles. The van der Waals surface area contributed by atoms with Crippen LogP contribution in [0.5, 0.6) is 5.75 Å². The number of nitrogens with zero attached hydrogens (tertiary/aromatic N) is 3. The molecule has 6 heteroatoms. The number of hydrogen-bond acceptors (Lipinski definition) is 6. The van der Waals surface area contributed by atoms with Gasteiger partial charge in [0.15, 0.2) is 0 Å². The minimum Gasteiger partial charge on any atom is -0.497 e. The van der Waals surface area contributed by atoms with E-state index in [2.05, 4.69) is 35.5 Å². The Morgan fingerprint density at radius 2 is 1.89 bits per heavy atom. The molecule has 0 saturated carbocycles. The molecule has 0 amide bonds. The van der Waals surface area contributed by atoms with Crippen molar-refractivity contribution in [2.24, 2.45) is 4.99 Å². The van der Waals surface area contributed by atoms with Crippen molar-refractivity contribution in [1.82, 2.24) is 9.97 Å². The number of amidine groups is 1. The Labute approximate surface area is 164 Å². The molecule has 3 aromatic rings. The van der Waals surface area contributed by atoms with Crippen molar-refractivity contribution in [2.75, 3.05) is 17.7 Å². The van der Waals surface area contributed by atoms with Gasteiger partial charge in [-0.2, -0.15) is 4.98 Å². The molecule has 1 aromatic heterocycles. The summed E-state index contributed by atoms with van der Waals surface area (Å²) in [5, 5.41) is 7.60.